The molecule has 4 aliphatic carbocycles. The zero-order chi connectivity index (χ0) is 65.8. The molecule has 9 N–H and O–H groups in total. The Bertz CT molecular complexity index is 2700. The summed E-state index contributed by atoms with van der Waals surface area (Å²) in [6.07, 6.45) is 28.9. The van der Waals surface area contributed by atoms with Crippen LogP contribution in [0.15, 0.2) is 91.0 Å². The number of carboxylic acids is 2. The molecule has 4 fully saturated rings. The molecule has 502 valence electrons. The Kier molecular flexibility index (Phi) is 35.1. The summed E-state index contributed by atoms with van der Waals surface area (Å²) in [6.45, 7) is 14.4. The molecule has 4 saturated carbocycles. The molecule has 0 spiro atoms. The van der Waals surface area contributed by atoms with Crippen LogP contribution in [0, 0.1) is 29.6 Å². The van der Waals surface area contributed by atoms with Gasteiger partial charge in [-0.15, -0.1) is 0 Å². The molecule has 3 aromatic rings. The molecule has 0 aliphatic heterocycles. The quantitative estimate of drug-likeness (QED) is 0.00923. The second-order valence-electron chi connectivity index (χ2n) is 25.2. The highest BCUT2D eigenvalue weighted by molar-refractivity contribution is 5.92. The highest BCUT2D eigenvalue weighted by atomic mass is 16.8. The summed E-state index contributed by atoms with van der Waals surface area (Å²) in [4.78, 5) is 81.4. The second-order valence-corrected chi connectivity index (χ2v) is 25.2. The third kappa shape index (κ3) is 30.6. The Labute approximate surface area is 539 Å². The predicted octanol–water partition coefficient (Wildman–Crippen LogP) is 11.5. The van der Waals surface area contributed by atoms with Crippen molar-refractivity contribution in [3.63, 3.8) is 0 Å². The highest BCUT2D eigenvalue weighted by Gasteiger charge is 2.33. The molecule has 7 rings (SSSR count). The Morgan fingerprint density at radius 2 is 0.747 bits per heavy atom. The fourth-order valence-electron chi connectivity index (χ4n) is 11.6. The third-order valence-corrected chi connectivity index (χ3v) is 16.6. The van der Waals surface area contributed by atoms with E-state index in [4.69, 9.17) is 29.1 Å². The van der Waals surface area contributed by atoms with Crippen LogP contribution in [0.2, 0.25) is 0 Å². The van der Waals surface area contributed by atoms with Gasteiger partial charge in [-0.3, -0.25) is 34.0 Å². The lowest BCUT2D eigenvalue weighted by Gasteiger charge is -2.30. The van der Waals surface area contributed by atoms with Crippen LogP contribution in [0.25, 0.3) is 18.2 Å². The number of rotatable bonds is 32. The van der Waals surface area contributed by atoms with Crippen LogP contribution in [-0.2, 0) is 72.3 Å². The fourth-order valence-corrected chi connectivity index (χ4v) is 11.6. The second kappa shape index (κ2) is 42.5. The van der Waals surface area contributed by atoms with Gasteiger partial charge in [-0.05, 0) is 159 Å². The average molecular weight is 1270 g/mol. The highest BCUT2D eigenvalue weighted by Crippen LogP contribution is 2.31. The minimum absolute atomic E-state index is 0.0782. The number of amides is 3. The van der Waals surface area contributed by atoms with E-state index in [-0.39, 0.29) is 41.8 Å². The number of carboxylic acid groups (broad SMARTS) is 2. The van der Waals surface area contributed by atoms with Gasteiger partial charge in [0.05, 0.1) is 13.2 Å². The summed E-state index contributed by atoms with van der Waals surface area (Å²) < 4.78 is 16.8. The normalized spacial score (nSPS) is 17.8. The van der Waals surface area contributed by atoms with Crippen molar-refractivity contribution in [2.45, 2.75) is 220 Å². The molecule has 0 heterocycles. The van der Waals surface area contributed by atoms with E-state index < -0.39 is 42.5 Å². The van der Waals surface area contributed by atoms with E-state index in [0.717, 1.165) is 123 Å². The van der Waals surface area contributed by atoms with Crippen LogP contribution in [-0.4, -0.2) is 101 Å². The van der Waals surface area contributed by atoms with Gasteiger partial charge in [-0.25, -0.2) is 26.1 Å². The van der Waals surface area contributed by atoms with Gasteiger partial charge in [0.1, 0.15) is 24.2 Å². The lowest BCUT2D eigenvalue weighted by molar-refractivity contribution is -0.180. The van der Waals surface area contributed by atoms with Crippen molar-refractivity contribution in [3.8, 4) is 0 Å². The van der Waals surface area contributed by atoms with Gasteiger partial charge in [0.25, 0.3) is 17.7 Å². The number of aliphatic carboxylic acids is 2. The number of benzene rings is 3. The van der Waals surface area contributed by atoms with E-state index in [1.54, 1.807) is 32.1 Å². The number of carbonyl (C=O) groups is 6. The lowest BCUT2D eigenvalue weighted by atomic mass is 9.83. The summed E-state index contributed by atoms with van der Waals surface area (Å²) in [5.74, 6) is -1.41. The predicted molar refractivity (Wildman–Crippen MR) is 351 cm³/mol. The number of esters is 1. The molecule has 2 unspecified atom stereocenters. The van der Waals surface area contributed by atoms with Crippen LogP contribution in [0.1, 0.15) is 197 Å². The Morgan fingerprint density at radius 3 is 1.07 bits per heavy atom. The summed E-state index contributed by atoms with van der Waals surface area (Å²) in [7, 11) is 0. The molecule has 91 heavy (non-hydrogen) atoms. The number of hydrogen-bond donors (Lipinski definition) is 9. The van der Waals surface area contributed by atoms with Crippen molar-refractivity contribution < 1.29 is 68.1 Å². The van der Waals surface area contributed by atoms with Crippen molar-refractivity contribution >= 4 is 53.9 Å². The first kappa shape index (κ1) is 75.1. The number of ether oxygens (including phenoxy) is 3. The Hall–Kier alpha value is -6.62. The Balaban J connectivity index is 0.000000253. The first-order valence-electron chi connectivity index (χ1n) is 33.1. The van der Waals surface area contributed by atoms with Crippen molar-refractivity contribution in [1.82, 2.24) is 32.4 Å². The zero-order valence-electron chi connectivity index (χ0n) is 54.5. The molecule has 4 aliphatic rings. The maximum Gasteiger partial charge on any atom is 0.323 e. The number of hydroxylamine groups is 3. The van der Waals surface area contributed by atoms with Gasteiger partial charge >= 0.3 is 17.9 Å². The standard InChI is InChI=1S/C29H44N2O5.C24H36N2O5.C18H24N2O4/c1-21(2)20-34-22(3)36-31-27(32)18-17-23-13-15-24(16-14-23)19-30-28(25-9-5-4-6-10-25)29(33)35-26-11-7-8-12-26;1-17(2)16-30-18(3)31-26-22(27)14-13-19-9-11-20(12-10-19)15-25-23(24(28)29)21-7-5-4-6-8-21;21-16(20-24)11-10-13-6-8-14(9-7-13)12-19-17(18(22)23)15-4-2-1-3-5-15/h13-18,21-22,25-26,28,30H,4-12,19-20H2,1-3H3,(H,31,32);9-14,17-18,21,23,25H,4-8,15-16H2,1-3H3,(H,26,27)(H,28,29);6-11,15,17,19,24H,1-5,12H2,(H,20,21)(H,22,23)/b18-17+;14-13+;11-10+/t22?,28-;18?,23-;17-/m000/s1. The van der Waals surface area contributed by atoms with Crippen molar-refractivity contribution in [2.24, 2.45) is 29.6 Å². The molecule has 0 aromatic heterocycles. The molecule has 3 aromatic carbocycles. The number of carbonyl (C=O) groups excluding carboxylic acids is 4. The summed E-state index contributed by atoms with van der Waals surface area (Å²) >= 11 is 0. The van der Waals surface area contributed by atoms with E-state index in [2.05, 4.69) is 40.8 Å². The third-order valence-electron chi connectivity index (χ3n) is 16.6. The van der Waals surface area contributed by atoms with Crippen molar-refractivity contribution in [2.75, 3.05) is 13.2 Å². The lowest BCUT2D eigenvalue weighted by Crippen LogP contribution is -2.45. The molecule has 3 amide bonds. The fraction of sp³-hybridized carbons (Fsp3) is 0.577. The molecule has 20 nitrogen and oxygen atoms in total. The molecule has 5 atom stereocenters. The minimum atomic E-state index is -0.781. The maximum absolute atomic E-state index is 13.0. The molecule has 0 saturated heterocycles. The van der Waals surface area contributed by atoms with E-state index in [0.29, 0.717) is 50.6 Å². The Morgan fingerprint density at radius 1 is 0.440 bits per heavy atom. The van der Waals surface area contributed by atoms with E-state index in [1.165, 1.54) is 55.8 Å². The zero-order valence-corrected chi connectivity index (χ0v) is 54.5. The summed E-state index contributed by atoms with van der Waals surface area (Å²) in [5, 5.41) is 37.3. The first-order valence-corrected chi connectivity index (χ1v) is 33.1. The molecule has 0 bridgehead atoms. The van der Waals surface area contributed by atoms with Gasteiger partial charge in [-0.2, -0.15) is 0 Å². The van der Waals surface area contributed by atoms with Crippen LogP contribution in [0.3, 0.4) is 0 Å². The molecular formula is C71H104N6O14. The van der Waals surface area contributed by atoms with Gasteiger partial charge < -0.3 is 40.4 Å². The average Bonchev–Trinajstić information content (AvgIpc) is 4.32. The monoisotopic (exact) mass is 1260 g/mol. The SMILES string of the molecule is CC(C)COC(C)ONC(=O)/C=C/c1ccc(CN[C@H](C(=O)O)C2CCCCC2)cc1.CC(C)COC(C)ONC(=O)/C=C/c1ccc(CN[C@H](C(=O)OC2CCCC2)C2CCCCC2)cc1.O=C(/C=C/c1ccc(CN[C@H](C(=O)O)C2CCCCC2)cc1)NO. The molecule has 0 radical (unpaired) electrons. The largest absolute Gasteiger partial charge is 0.480 e. The summed E-state index contributed by atoms with van der Waals surface area (Å²) in [6, 6.07) is 21.8. The van der Waals surface area contributed by atoms with Crippen molar-refractivity contribution in [3.05, 3.63) is 124 Å². The number of hydrogen-bond acceptors (Lipinski definition) is 15. The van der Waals surface area contributed by atoms with Gasteiger partial charge in [0.15, 0.2) is 12.6 Å². The van der Waals surface area contributed by atoms with Gasteiger partial charge in [0.2, 0.25) is 0 Å². The number of nitrogens with one attached hydrogen (secondary N) is 6. The van der Waals surface area contributed by atoms with Crippen LogP contribution in [0.5, 0.6) is 0 Å². The van der Waals surface area contributed by atoms with Crippen molar-refractivity contribution in [1.29, 1.82) is 0 Å². The first-order chi connectivity index (χ1) is 43.8. The maximum atomic E-state index is 13.0. The van der Waals surface area contributed by atoms with Crippen LogP contribution in [0.4, 0.5) is 0 Å². The smallest absolute Gasteiger partial charge is 0.323 e. The van der Waals surface area contributed by atoms with E-state index in [1.807, 2.05) is 86.6 Å². The minimum Gasteiger partial charge on any atom is -0.480 e. The molecular weight excluding hydrogens is 1160 g/mol. The topological polar surface area (TPSA) is 281 Å². The van der Waals surface area contributed by atoms with E-state index >= 15 is 0 Å². The van der Waals surface area contributed by atoms with Crippen LogP contribution >= 0.6 is 0 Å². The molecule has 20 heteroatoms. The summed E-state index contributed by atoms with van der Waals surface area (Å²) in [5.41, 5.74) is 11.9. The van der Waals surface area contributed by atoms with Gasteiger partial charge in [-0.1, -0.05) is 158 Å². The van der Waals surface area contributed by atoms with E-state index in [9.17, 15) is 39.0 Å². The van der Waals surface area contributed by atoms with Gasteiger partial charge in [0, 0.05) is 37.9 Å². The van der Waals surface area contributed by atoms with Crippen LogP contribution < -0.4 is 32.4 Å².